The van der Waals surface area contributed by atoms with Gasteiger partial charge in [0.1, 0.15) is 11.4 Å². The number of rotatable bonds is 3. The number of carbonyl (C=O) groups excluding carboxylic acids is 1. The van der Waals surface area contributed by atoms with Gasteiger partial charge in [0.25, 0.3) is 5.91 Å². The molecule has 0 N–H and O–H groups in total. The van der Waals surface area contributed by atoms with Gasteiger partial charge in [-0.05, 0) is 38.0 Å². The Morgan fingerprint density at radius 3 is 2.65 bits per heavy atom. The van der Waals surface area contributed by atoms with E-state index in [0.29, 0.717) is 12.5 Å². The topological polar surface area (TPSA) is 50.6 Å². The summed E-state index contributed by atoms with van der Waals surface area (Å²) >= 11 is 0. The molecule has 1 aromatic heterocycles. The third-order valence-electron chi connectivity index (χ3n) is 6.08. The standard InChI is InChI=1S/C20H32N4O2/c1-16(2)14-22-11-6-20(7-12-22)19-21-8-13-24(19)15-17(26-20)18(25)23-9-4-3-5-10-23/h8,13,16-17H,3-7,9-12,14-15H2,1-2H3/t17-/m1/s1. The summed E-state index contributed by atoms with van der Waals surface area (Å²) in [5.74, 6) is 1.86. The highest BCUT2D eigenvalue weighted by atomic mass is 16.5. The quantitative estimate of drug-likeness (QED) is 0.830. The molecule has 144 valence electrons. The van der Waals surface area contributed by atoms with Crippen molar-refractivity contribution in [1.29, 1.82) is 0 Å². The molecule has 1 atom stereocenters. The first kappa shape index (κ1) is 18.0. The average molecular weight is 361 g/mol. The molecule has 1 spiro atoms. The third-order valence-corrected chi connectivity index (χ3v) is 6.08. The highest BCUT2D eigenvalue weighted by Gasteiger charge is 2.47. The van der Waals surface area contributed by atoms with Crippen LogP contribution in [0.1, 0.15) is 51.8 Å². The Balaban J connectivity index is 1.51. The molecular weight excluding hydrogens is 328 g/mol. The van der Waals surface area contributed by atoms with Crippen molar-refractivity contribution in [3.05, 3.63) is 18.2 Å². The van der Waals surface area contributed by atoms with Gasteiger partial charge >= 0.3 is 0 Å². The van der Waals surface area contributed by atoms with Crippen LogP contribution in [0.3, 0.4) is 0 Å². The van der Waals surface area contributed by atoms with Crippen LogP contribution in [0.15, 0.2) is 12.4 Å². The van der Waals surface area contributed by atoms with Gasteiger partial charge in [0.15, 0.2) is 6.10 Å². The number of hydrogen-bond acceptors (Lipinski definition) is 4. The van der Waals surface area contributed by atoms with Crippen molar-refractivity contribution in [2.75, 3.05) is 32.7 Å². The summed E-state index contributed by atoms with van der Waals surface area (Å²) in [7, 11) is 0. The number of aromatic nitrogens is 2. The predicted octanol–water partition coefficient (Wildman–Crippen LogP) is 2.24. The second kappa shape index (κ2) is 7.31. The van der Waals surface area contributed by atoms with E-state index in [-0.39, 0.29) is 12.0 Å². The molecule has 0 saturated carbocycles. The van der Waals surface area contributed by atoms with Gasteiger partial charge in [-0.1, -0.05) is 13.8 Å². The Morgan fingerprint density at radius 1 is 1.23 bits per heavy atom. The van der Waals surface area contributed by atoms with Crippen LogP contribution in [-0.2, 0) is 21.7 Å². The summed E-state index contributed by atoms with van der Waals surface area (Å²) in [4.78, 5) is 22.2. The number of fused-ring (bicyclic) bond motifs is 2. The van der Waals surface area contributed by atoms with Gasteiger partial charge in [0.2, 0.25) is 0 Å². The van der Waals surface area contributed by atoms with Crippen LogP contribution in [0.5, 0.6) is 0 Å². The van der Waals surface area contributed by atoms with Gasteiger partial charge in [-0.25, -0.2) is 4.98 Å². The van der Waals surface area contributed by atoms with E-state index >= 15 is 0 Å². The molecule has 26 heavy (non-hydrogen) atoms. The zero-order chi connectivity index (χ0) is 18.1. The van der Waals surface area contributed by atoms with Crippen LogP contribution >= 0.6 is 0 Å². The fraction of sp³-hybridized carbons (Fsp3) is 0.800. The second-order valence-corrected chi connectivity index (χ2v) is 8.58. The monoisotopic (exact) mass is 360 g/mol. The lowest BCUT2D eigenvalue weighted by Crippen LogP contribution is -2.55. The fourth-order valence-electron chi connectivity index (χ4n) is 4.80. The predicted molar refractivity (Wildman–Crippen MR) is 99.7 cm³/mol. The number of amides is 1. The van der Waals surface area contributed by atoms with Gasteiger partial charge in [-0.3, -0.25) is 4.79 Å². The highest BCUT2D eigenvalue weighted by Crippen LogP contribution is 2.40. The summed E-state index contributed by atoms with van der Waals surface area (Å²) in [5.41, 5.74) is -0.397. The van der Waals surface area contributed by atoms with Crippen molar-refractivity contribution in [1.82, 2.24) is 19.4 Å². The minimum absolute atomic E-state index is 0.174. The molecule has 0 radical (unpaired) electrons. The first-order chi connectivity index (χ1) is 12.6. The molecule has 0 bridgehead atoms. The van der Waals surface area contributed by atoms with Crippen molar-refractivity contribution < 1.29 is 9.53 Å². The van der Waals surface area contributed by atoms with Crippen molar-refractivity contribution >= 4 is 5.91 Å². The van der Waals surface area contributed by atoms with Crippen molar-refractivity contribution in [2.24, 2.45) is 5.92 Å². The molecule has 6 heteroatoms. The Kier molecular flexibility index (Phi) is 5.06. The molecule has 3 aliphatic heterocycles. The minimum Gasteiger partial charge on any atom is -0.352 e. The summed E-state index contributed by atoms with van der Waals surface area (Å²) in [5, 5.41) is 0. The molecule has 6 nitrogen and oxygen atoms in total. The maximum atomic E-state index is 13.1. The van der Waals surface area contributed by atoms with E-state index in [1.54, 1.807) is 0 Å². The number of likely N-dealkylation sites (tertiary alicyclic amines) is 2. The second-order valence-electron chi connectivity index (χ2n) is 8.58. The normalized spacial score (nSPS) is 26.3. The maximum absolute atomic E-state index is 13.1. The molecule has 2 saturated heterocycles. The Hall–Kier alpha value is -1.40. The van der Waals surface area contributed by atoms with Crippen molar-refractivity contribution in [3.8, 4) is 0 Å². The summed E-state index contributed by atoms with van der Waals surface area (Å²) in [6.45, 7) is 10.0. The average Bonchev–Trinajstić information content (AvgIpc) is 3.13. The number of imidazole rings is 1. The Labute approximate surface area is 156 Å². The van der Waals surface area contributed by atoms with Crippen molar-refractivity contribution in [2.45, 2.75) is 64.2 Å². The lowest BCUT2D eigenvalue weighted by molar-refractivity contribution is -0.182. The molecule has 1 amide bonds. The number of ether oxygens (including phenoxy) is 1. The van der Waals surface area contributed by atoms with E-state index in [4.69, 9.17) is 4.74 Å². The van der Waals surface area contributed by atoms with Gasteiger partial charge in [-0.15, -0.1) is 0 Å². The molecule has 0 unspecified atom stereocenters. The van der Waals surface area contributed by atoms with Crippen LogP contribution in [0.25, 0.3) is 0 Å². The van der Waals surface area contributed by atoms with E-state index in [9.17, 15) is 4.79 Å². The van der Waals surface area contributed by atoms with E-state index in [2.05, 4.69) is 28.3 Å². The number of hydrogen-bond donors (Lipinski definition) is 0. The third kappa shape index (κ3) is 3.41. The van der Waals surface area contributed by atoms with Crippen LogP contribution in [-0.4, -0.2) is 64.1 Å². The van der Waals surface area contributed by atoms with Gasteiger partial charge in [0, 0.05) is 45.1 Å². The smallest absolute Gasteiger partial charge is 0.253 e. The van der Waals surface area contributed by atoms with Crippen LogP contribution < -0.4 is 0 Å². The zero-order valence-corrected chi connectivity index (χ0v) is 16.2. The maximum Gasteiger partial charge on any atom is 0.253 e. The van der Waals surface area contributed by atoms with Gasteiger partial charge < -0.3 is 19.1 Å². The van der Waals surface area contributed by atoms with Crippen molar-refractivity contribution in [3.63, 3.8) is 0 Å². The summed E-state index contributed by atoms with van der Waals surface area (Å²) < 4.78 is 8.73. The molecule has 0 aliphatic carbocycles. The number of nitrogens with zero attached hydrogens (tertiary/aromatic N) is 4. The Morgan fingerprint density at radius 2 is 1.96 bits per heavy atom. The molecule has 3 aliphatic rings. The fourth-order valence-corrected chi connectivity index (χ4v) is 4.80. The minimum atomic E-state index is -0.397. The van der Waals surface area contributed by atoms with Crippen LogP contribution in [0.2, 0.25) is 0 Å². The van der Waals surface area contributed by atoms with Gasteiger partial charge in [0.05, 0.1) is 6.54 Å². The molecular formula is C20H32N4O2. The molecule has 2 fully saturated rings. The number of carbonyl (C=O) groups is 1. The molecule has 1 aromatic rings. The molecule has 0 aromatic carbocycles. The van der Waals surface area contributed by atoms with E-state index < -0.39 is 5.60 Å². The Bertz CT molecular complexity index is 628. The first-order valence-corrected chi connectivity index (χ1v) is 10.3. The summed E-state index contributed by atoms with van der Waals surface area (Å²) in [6.07, 6.45) is 8.79. The first-order valence-electron chi connectivity index (χ1n) is 10.3. The van der Waals surface area contributed by atoms with E-state index in [1.165, 1.54) is 6.42 Å². The highest BCUT2D eigenvalue weighted by molar-refractivity contribution is 5.81. The molecule has 4 heterocycles. The van der Waals surface area contributed by atoms with Crippen LogP contribution in [0, 0.1) is 5.92 Å². The summed E-state index contributed by atoms with van der Waals surface area (Å²) in [6, 6.07) is 0. The van der Waals surface area contributed by atoms with Gasteiger partial charge in [-0.2, -0.15) is 0 Å². The number of piperidine rings is 2. The van der Waals surface area contributed by atoms with E-state index in [0.717, 1.165) is 64.2 Å². The van der Waals surface area contributed by atoms with E-state index in [1.807, 2.05) is 17.3 Å². The largest absolute Gasteiger partial charge is 0.352 e. The lowest BCUT2D eigenvalue weighted by Gasteiger charge is -2.46. The molecule has 4 rings (SSSR count). The SMILES string of the molecule is CC(C)CN1CCC2(CC1)O[C@@H](C(=O)N1CCCCC1)Cn1ccnc12. The lowest BCUT2D eigenvalue weighted by atomic mass is 9.88. The van der Waals surface area contributed by atoms with Crippen LogP contribution in [0.4, 0.5) is 0 Å². The zero-order valence-electron chi connectivity index (χ0n) is 16.2.